The minimum atomic E-state index is -0.550. The summed E-state index contributed by atoms with van der Waals surface area (Å²) in [6, 6.07) is 3.30. The van der Waals surface area contributed by atoms with Gasteiger partial charge in [0.1, 0.15) is 6.33 Å². The number of hydrogen-bond acceptors (Lipinski definition) is 8. The zero-order valence-electron chi connectivity index (χ0n) is 12.3. The van der Waals surface area contributed by atoms with E-state index in [1.807, 2.05) is 0 Å². The number of anilines is 3. The highest BCUT2D eigenvalue weighted by molar-refractivity contribution is 6.32. The average Bonchev–Trinajstić information content (AvgIpc) is 2.53. The molecule has 0 bridgehead atoms. The molecule has 0 spiro atoms. The van der Waals surface area contributed by atoms with E-state index in [9.17, 15) is 10.1 Å². The van der Waals surface area contributed by atoms with E-state index in [0.29, 0.717) is 25.3 Å². The number of pyridine rings is 1. The molecule has 0 unspecified atom stereocenters. The highest BCUT2D eigenvalue weighted by Gasteiger charge is 2.23. The minimum Gasteiger partial charge on any atom is -0.385 e. The van der Waals surface area contributed by atoms with Crippen LogP contribution in [-0.4, -0.2) is 40.1 Å². The van der Waals surface area contributed by atoms with Crippen molar-refractivity contribution in [3.05, 3.63) is 39.9 Å². The van der Waals surface area contributed by atoms with Crippen molar-refractivity contribution >= 4 is 34.6 Å². The summed E-state index contributed by atoms with van der Waals surface area (Å²) < 4.78 is 4.93. The van der Waals surface area contributed by atoms with Gasteiger partial charge in [-0.05, 0) is 18.6 Å². The van der Waals surface area contributed by atoms with Crippen molar-refractivity contribution in [2.45, 2.75) is 6.42 Å². The zero-order chi connectivity index (χ0) is 16.7. The molecule has 2 aromatic heterocycles. The molecular weight excluding hydrogens is 324 g/mol. The Morgan fingerprint density at radius 3 is 2.83 bits per heavy atom. The summed E-state index contributed by atoms with van der Waals surface area (Å²) in [6.45, 7) is 1.03. The fourth-order valence-corrected chi connectivity index (χ4v) is 1.97. The molecule has 10 heteroatoms. The number of nitrogens with one attached hydrogen (secondary N) is 2. The lowest BCUT2D eigenvalue weighted by molar-refractivity contribution is -0.383. The van der Waals surface area contributed by atoms with Crippen LogP contribution < -0.4 is 10.6 Å². The number of halogens is 1. The van der Waals surface area contributed by atoms with Crippen LogP contribution in [0, 0.1) is 10.1 Å². The van der Waals surface area contributed by atoms with Crippen molar-refractivity contribution < 1.29 is 9.66 Å². The van der Waals surface area contributed by atoms with Gasteiger partial charge in [-0.2, -0.15) is 0 Å². The molecule has 0 aliphatic carbocycles. The normalized spacial score (nSPS) is 10.3. The predicted octanol–water partition coefficient (Wildman–Crippen LogP) is 2.63. The third kappa shape index (κ3) is 4.47. The molecule has 0 amide bonds. The van der Waals surface area contributed by atoms with Crippen LogP contribution in [0.25, 0.3) is 0 Å². The van der Waals surface area contributed by atoms with Gasteiger partial charge >= 0.3 is 5.69 Å². The molecule has 0 fully saturated rings. The lowest BCUT2D eigenvalue weighted by atomic mass is 10.3. The monoisotopic (exact) mass is 338 g/mol. The molecule has 0 saturated carbocycles. The van der Waals surface area contributed by atoms with Crippen LogP contribution in [-0.2, 0) is 4.74 Å². The maximum absolute atomic E-state index is 11.4. The quantitative estimate of drug-likeness (QED) is 0.326. The summed E-state index contributed by atoms with van der Waals surface area (Å²) >= 11 is 5.95. The van der Waals surface area contributed by atoms with Gasteiger partial charge in [0.2, 0.25) is 11.6 Å². The minimum absolute atomic E-state index is 0.0362. The van der Waals surface area contributed by atoms with Crippen LogP contribution in [0.5, 0.6) is 0 Å². The van der Waals surface area contributed by atoms with E-state index in [1.54, 1.807) is 19.2 Å². The van der Waals surface area contributed by atoms with Crippen molar-refractivity contribution in [3.63, 3.8) is 0 Å². The maximum Gasteiger partial charge on any atom is 0.353 e. The second-order valence-corrected chi connectivity index (χ2v) is 4.77. The Balaban J connectivity index is 2.25. The molecule has 2 rings (SSSR count). The average molecular weight is 339 g/mol. The van der Waals surface area contributed by atoms with E-state index in [2.05, 4.69) is 25.6 Å². The highest BCUT2D eigenvalue weighted by atomic mass is 35.5. The molecule has 0 atom stereocenters. The summed E-state index contributed by atoms with van der Waals surface area (Å²) in [5, 5.41) is 17.3. The molecule has 0 saturated heterocycles. The second-order valence-electron chi connectivity index (χ2n) is 4.42. The number of nitro groups is 1. The Kier molecular flexibility index (Phi) is 6.01. The van der Waals surface area contributed by atoms with Crippen LogP contribution >= 0.6 is 11.6 Å². The smallest absolute Gasteiger partial charge is 0.353 e. The third-order valence-corrected chi connectivity index (χ3v) is 3.14. The fraction of sp³-hybridized carbons (Fsp3) is 0.308. The van der Waals surface area contributed by atoms with Gasteiger partial charge in [0, 0.05) is 26.5 Å². The second kappa shape index (κ2) is 8.20. The summed E-state index contributed by atoms with van der Waals surface area (Å²) in [5.74, 6) is 0.165. The number of rotatable bonds is 8. The van der Waals surface area contributed by atoms with E-state index in [1.165, 1.54) is 12.5 Å². The first kappa shape index (κ1) is 16.8. The Bertz CT molecular complexity index is 685. The zero-order valence-corrected chi connectivity index (χ0v) is 13.1. The number of hydrogen-bond donors (Lipinski definition) is 2. The van der Waals surface area contributed by atoms with E-state index >= 15 is 0 Å². The summed E-state index contributed by atoms with van der Waals surface area (Å²) in [7, 11) is 1.59. The van der Waals surface area contributed by atoms with Crippen molar-refractivity contribution in [2.24, 2.45) is 0 Å². The largest absolute Gasteiger partial charge is 0.385 e. The van der Waals surface area contributed by atoms with E-state index in [-0.39, 0.29) is 22.5 Å². The molecule has 0 aliphatic heterocycles. The molecule has 122 valence electrons. The van der Waals surface area contributed by atoms with Gasteiger partial charge in [-0.1, -0.05) is 11.6 Å². The van der Waals surface area contributed by atoms with E-state index in [0.717, 1.165) is 0 Å². The Morgan fingerprint density at radius 2 is 2.13 bits per heavy atom. The van der Waals surface area contributed by atoms with Crippen molar-refractivity contribution in [1.82, 2.24) is 15.0 Å². The molecule has 0 aliphatic rings. The van der Waals surface area contributed by atoms with Crippen molar-refractivity contribution in [1.29, 1.82) is 0 Å². The van der Waals surface area contributed by atoms with Gasteiger partial charge in [0.25, 0.3) is 0 Å². The number of methoxy groups -OCH3 is 1. The topological polar surface area (TPSA) is 115 Å². The number of ether oxygens (including phenoxy) is 1. The molecule has 2 aromatic rings. The Hall–Kier alpha value is -2.52. The van der Waals surface area contributed by atoms with Crippen LogP contribution in [0.2, 0.25) is 5.15 Å². The lowest BCUT2D eigenvalue weighted by Gasteiger charge is -2.10. The van der Waals surface area contributed by atoms with Crippen LogP contribution in [0.4, 0.5) is 23.0 Å². The van der Waals surface area contributed by atoms with E-state index in [4.69, 9.17) is 16.3 Å². The summed E-state index contributed by atoms with van der Waals surface area (Å²) in [4.78, 5) is 22.6. The molecule has 23 heavy (non-hydrogen) atoms. The third-order valence-electron chi connectivity index (χ3n) is 2.83. The summed E-state index contributed by atoms with van der Waals surface area (Å²) in [5.41, 5.74) is 0.158. The SMILES string of the molecule is COCCCNc1ncnc(Nc2cccnc2Cl)c1[N+](=O)[O-]. The van der Waals surface area contributed by atoms with Crippen LogP contribution in [0.3, 0.4) is 0 Å². The van der Waals surface area contributed by atoms with Gasteiger partial charge in [-0.15, -0.1) is 0 Å². The van der Waals surface area contributed by atoms with Gasteiger partial charge in [0.15, 0.2) is 5.15 Å². The molecule has 0 radical (unpaired) electrons. The fourth-order valence-electron chi connectivity index (χ4n) is 1.80. The molecule has 0 aromatic carbocycles. The first-order chi connectivity index (χ1) is 11.1. The first-order valence-corrected chi connectivity index (χ1v) is 7.11. The standard InChI is InChI=1S/C13H15ClN6O3/c1-23-7-3-6-16-12-10(20(21)22)13(18-8-17-12)19-9-4-2-5-15-11(9)14/h2,4-5,8H,3,6-7H2,1H3,(H2,16,17,18,19). The maximum atomic E-state index is 11.4. The predicted molar refractivity (Wildman–Crippen MR) is 86.2 cm³/mol. The van der Waals surface area contributed by atoms with Gasteiger partial charge in [-0.25, -0.2) is 15.0 Å². The summed E-state index contributed by atoms with van der Waals surface area (Å²) in [6.07, 6.45) is 3.44. The van der Waals surface area contributed by atoms with Crippen molar-refractivity contribution in [2.75, 3.05) is 30.9 Å². The van der Waals surface area contributed by atoms with Gasteiger partial charge in [0.05, 0.1) is 10.6 Å². The highest BCUT2D eigenvalue weighted by Crippen LogP contribution is 2.32. The molecule has 2 N–H and O–H groups in total. The molecule has 2 heterocycles. The molecular formula is C13H15ClN6O3. The van der Waals surface area contributed by atoms with Crippen LogP contribution in [0.1, 0.15) is 6.42 Å². The van der Waals surface area contributed by atoms with E-state index < -0.39 is 4.92 Å². The van der Waals surface area contributed by atoms with Crippen LogP contribution in [0.15, 0.2) is 24.7 Å². The lowest BCUT2D eigenvalue weighted by Crippen LogP contribution is -2.10. The Labute approximate surface area is 137 Å². The Morgan fingerprint density at radius 1 is 1.35 bits per heavy atom. The number of aromatic nitrogens is 3. The van der Waals surface area contributed by atoms with Gasteiger partial charge in [-0.3, -0.25) is 10.1 Å². The number of nitrogens with zero attached hydrogens (tertiary/aromatic N) is 4. The van der Waals surface area contributed by atoms with Crippen molar-refractivity contribution in [3.8, 4) is 0 Å². The van der Waals surface area contributed by atoms with Gasteiger partial charge < -0.3 is 15.4 Å². The molecule has 9 nitrogen and oxygen atoms in total. The first-order valence-electron chi connectivity index (χ1n) is 6.73.